The summed E-state index contributed by atoms with van der Waals surface area (Å²) in [6.45, 7) is 0.244. The summed E-state index contributed by atoms with van der Waals surface area (Å²) in [7, 11) is 0. The summed E-state index contributed by atoms with van der Waals surface area (Å²) in [5, 5.41) is 2.69. The molecule has 0 unspecified atom stereocenters. The molecule has 0 aliphatic heterocycles. The Hall–Kier alpha value is -2.25. The van der Waals surface area contributed by atoms with Gasteiger partial charge in [0.05, 0.1) is 16.8 Å². The second-order valence-corrected chi connectivity index (χ2v) is 4.91. The van der Waals surface area contributed by atoms with Crippen molar-refractivity contribution in [3.63, 3.8) is 0 Å². The molecule has 1 amide bonds. The molecule has 1 aromatic carbocycles. The Morgan fingerprint density at radius 3 is 3.00 bits per heavy atom. The lowest BCUT2D eigenvalue weighted by Gasteiger charge is -2.01. The van der Waals surface area contributed by atoms with Crippen LogP contribution in [0.1, 0.15) is 10.5 Å². The SMILES string of the molecule is C#CCNC(=O)c1ccc2sc3ccccc3n12. The van der Waals surface area contributed by atoms with Crippen LogP contribution in [0.15, 0.2) is 36.4 Å². The summed E-state index contributed by atoms with van der Waals surface area (Å²) in [5.74, 6) is 2.26. The van der Waals surface area contributed by atoms with E-state index in [-0.39, 0.29) is 12.5 Å². The molecular weight excluding hydrogens is 244 g/mol. The molecule has 18 heavy (non-hydrogen) atoms. The molecule has 0 aliphatic rings. The summed E-state index contributed by atoms with van der Waals surface area (Å²) in [5.41, 5.74) is 1.67. The van der Waals surface area contributed by atoms with Crippen LogP contribution in [0, 0.1) is 12.3 Å². The Kier molecular flexibility index (Phi) is 2.54. The third-order valence-corrected chi connectivity index (χ3v) is 3.84. The molecule has 0 saturated heterocycles. The zero-order valence-corrected chi connectivity index (χ0v) is 10.3. The minimum Gasteiger partial charge on any atom is -0.340 e. The molecule has 4 heteroatoms. The van der Waals surface area contributed by atoms with E-state index in [4.69, 9.17) is 6.42 Å². The Morgan fingerprint density at radius 2 is 2.17 bits per heavy atom. The first-order valence-electron chi connectivity index (χ1n) is 5.52. The van der Waals surface area contributed by atoms with Gasteiger partial charge in [-0.25, -0.2) is 0 Å². The molecule has 0 spiro atoms. The highest BCUT2D eigenvalue weighted by Gasteiger charge is 2.13. The topological polar surface area (TPSA) is 33.5 Å². The third-order valence-electron chi connectivity index (χ3n) is 2.75. The van der Waals surface area contributed by atoms with Crippen LogP contribution in [-0.4, -0.2) is 16.9 Å². The molecule has 2 heterocycles. The van der Waals surface area contributed by atoms with Gasteiger partial charge in [-0.05, 0) is 24.3 Å². The monoisotopic (exact) mass is 254 g/mol. The lowest BCUT2D eigenvalue weighted by atomic mass is 10.3. The molecule has 1 N–H and O–H groups in total. The molecule has 0 saturated carbocycles. The van der Waals surface area contributed by atoms with E-state index in [0.717, 1.165) is 10.3 Å². The number of fused-ring (bicyclic) bond motifs is 3. The number of benzene rings is 1. The number of aromatic nitrogens is 1. The number of hydrogen-bond donors (Lipinski definition) is 1. The number of para-hydroxylation sites is 1. The van der Waals surface area contributed by atoms with Crippen LogP contribution in [0.3, 0.4) is 0 Å². The van der Waals surface area contributed by atoms with E-state index in [1.807, 2.05) is 34.7 Å². The molecule has 0 atom stereocenters. The summed E-state index contributed by atoms with van der Waals surface area (Å²) in [4.78, 5) is 13.1. The van der Waals surface area contributed by atoms with Crippen molar-refractivity contribution in [3.8, 4) is 12.3 Å². The maximum absolute atomic E-state index is 12.0. The lowest BCUT2D eigenvalue weighted by Crippen LogP contribution is -2.24. The molecule has 88 valence electrons. The van der Waals surface area contributed by atoms with E-state index in [9.17, 15) is 4.79 Å². The van der Waals surface area contributed by atoms with Gasteiger partial charge in [-0.15, -0.1) is 17.8 Å². The van der Waals surface area contributed by atoms with Crippen molar-refractivity contribution in [1.82, 2.24) is 9.72 Å². The van der Waals surface area contributed by atoms with Crippen molar-refractivity contribution in [1.29, 1.82) is 0 Å². The zero-order chi connectivity index (χ0) is 12.5. The Morgan fingerprint density at radius 1 is 1.33 bits per heavy atom. The first kappa shape index (κ1) is 10.9. The van der Waals surface area contributed by atoms with Crippen LogP contribution in [0.2, 0.25) is 0 Å². The maximum Gasteiger partial charge on any atom is 0.269 e. The average Bonchev–Trinajstić information content (AvgIpc) is 2.94. The van der Waals surface area contributed by atoms with E-state index >= 15 is 0 Å². The van der Waals surface area contributed by atoms with Gasteiger partial charge in [0.2, 0.25) is 0 Å². The number of amides is 1. The highest BCUT2D eigenvalue weighted by Crippen LogP contribution is 2.28. The van der Waals surface area contributed by atoms with E-state index in [2.05, 4.69) is 17.3 Å². The predicted octanol–water partition coefficient (Wildman–Crippen LogP) is 2.52. The second-order valence-electron chi connectivity index (χ2n) is 3.85. The van der Waals surface area contributed by atoms with Crippen LogP contribution in [-0.2, 0) is 0 Å². The molecule has 0 fully saturated rings. The fourth-order valence-corrected chi connectivity index (χ4v) is 3.05. The van der Waals surface area contributed by atoms with Crippen LogP contribution in [0.4, 0.5) is 0 Å². The van der Waals surface area contributed by atoms with Gasteiger partial charge in [0.1, 0.15) is 10.5 Å². The van der Waals surface area contributed by atoms with E-state index < -0.39 is 0 Å². The first-order chi connectivity index (χ1) is 8.81. The molecule has 3 nitrogen and oxygen atoms in total. The van der Waals surface area contributed by atoms with Gasteiger partial charge in [0.25, 0.3) is 5.91 Å². The number of carbonyl (C=O) groups is 1. The molecule has 3 rings (SSSR count). The van der Waals surface area contributed by atoms with Crippen molar-refractivity contribution in [2.45, 2.75) is 0 Å². The standard InChI is InChI=1S/C14H10N2OS/c1-2-9-15-14(17)11-7-8-13-16(11)10-5-3-4-6-12(10)18-13/h1,3-8H,9H2,(H,15,17). The molecule has 0 bridgehead atoms. The number of thiazole rings is 1. The van der Waals surface area contributed by atoms with Crippen molar-refractivity contribution < 1.29 is 4.79 Å². The minimum absolute atomic E-state index is 0.142. The van der Waals surface area contributed by atoms with Gasteiger partial charge < -0.3 is 5.32 Å². The summed E-state index contributed by atoms with van der Waals surface area (Å²) in [6, 6.07) is 11.8. The van der Waals surface area contributed by atoms with E-state index in [1.165, 1.54) is 4.70 Å². The fraction of sp³-hybridized carbons (Fsp3) is 0.0714. The Labute approximate surface area is 108 Å². The normalized spacial score (nSPS) is 10.6. The van der Waals surface area contributed by atoms with E-state index in [0.29, 0.717) is 5.69 Å². The number of terminal acetylenes is 1. The van der Waals surface area contributed by atoms with Crippen LogP contribution in [0.25, 0.3) is 15.0 Å². The van der Waals surface area contributed by atoms with Crippen molar-refractivity contribution in [2.75, 3.05) is 6.54 Å². The van der Waals surface area contributed by atoms with Crippen molar-refractivity contribution in [2.24, 2.45) is 0 Å². The van der Waals surface area contributed by atoms with Crippen LogP contribution >= 0.6 is 11.3 Å². The molecular formula is C14H10N2OS. The van der Waals surface area contributed by atoms with Crippen LogP contribution < -0.4 is 5.32 Å². The first-order valence-corrected chi connectivity index (χ1v) is 6.33. The summed E-state index contributed by atoms with van der Waals surface area (Å²) < 4.78 is 3.13. The average molecular weight is 254 g/mol. The number of nitrogens with zero attached hydrogens (tertiary/aromatic N) is 1. The third kappa shape index (κ3) is 1.57. The van der Waals surface area contributed by atoms with Gasteiger partial charge in [0, 0.05) is 0 Å². The number of hydrogen-bond acceptors (Lipinski definition) is 2. The largest absolute Gasteiger partial charge is 0.340 e. The van der Waals surface area contributed by atoms with Crippen LogP contribution in [0.5, 0.6) is 0 Å². The van der Waals surface area contributed by atoms with Crippen molar-refractivity contribution in [3.05, 3.63) is 42.1 Å². The van der Waals surface area contributed by atoms with Crippen molar-refractivity contribution >= 4 is 32.3 Å². The van der Waals surface area contributed by atoms with Gasteiger partial charge in [0.15, 0.2) is 0 Å². The van der Waals surface area contributed by atoms with Gasteiger partial charge in [-0.1, -0.05) is 18.1 Å². The minimum atomic E-state index is -0.142. The number of carbonyl (C=O) groups excluding carboxylic acids is 1. The molecule has 3 aromatic rings. The summed E-state index contributed by atoms with van der Waals surface area (Å²) >= 11 is 1.67. The maximum atomic E-state index is 12.0. The highest BCUT2D eigenvalue weighted by atomic mass is 32.1. The van der Waals surface area contributed by atoms with E-state index in [1.54, 1.807) is 11.3 Å². The molecule has 2 aromatic heterocycles. The van der Waals surface area contributed by atoms with Gasteiger partial charge in [-0.3, -0.25) is 9.20 Å². The smallest absolute Gasteiger partial charge is 0.269 e. The predicted molar refractivity (Wildman–Crippen MR) is 73.9 cm³/mol. The number of rotatable bonds is 2. The molecule has 0 aliphatic carbocycles. The molecule has 0 radical (unpaired) electrons. The Balaban J connectivity index is 2.18. The fourth-order valence-electron chi connectivity index (χ4n) is 1.99. The zero-order valence-electron chi connectivity index (χ0n) is 9.51. The van der Waals surface area contributed by atoms with Gasteiger partial charge in [-0.2, -0.15) is 0 Å². The van der Waals surface area contributed by atoms with Gasteiger partial charge >= 0.3 is 0 Å². The Bertz CT molecular complexity index is 776. The summed E-state index contributed by atoms with van der Waals surface area (Å²) in [6.07, 6.45) is 5.14. The second kappa shape index (κ2) is 4.21. The number of nitrogens with one attached hydrogen (secondary N) is 1. The highest BCUT2D eigenvalue weighted by molar-refractivity contribution is 7.24. The quantitative estimate of drug-likeness (QED) is 0.700. The lowest BCUT2D eigenvalue weighted by molar-refractivity contribution is 0.0953.